The predicted molar refractivity (Wildman–Crippen MR) is 123 cm³/mol. The zero-order valence-corrected chi connectivity index (χ0v) is 18.1. The van der Waals surface area contributed by atoms with E-state index in [2.05, 4.69) is 52.3 Å². The minimum Gasteiger partial charge on any atom is -0.368 e. The van der Waals surface area contributed by atoms with Gasteiger partial charge in [0.05, 0.1) is 22.8 Å². The summed E-state index contributed by atoms with van der Waals surface area (Å²) < 4.78 is 1.24. The van der Waals surface area contributed by atoms with Crippen LogP contribution in [-0.2, 0) is 4.79 Å². The number of benzene rings is 2. The van der Waals surface area contributed by atoms with Gasteiger partial charge in [0.15, 0.2) is 0 Å². The highest BCUT2D eigenvalue weighted by Crippen LogP contribution is 2.35. The van der Waals surface area contributed by atoms with E-state index in [9.17, 15) is 4.79 Å². The monoisotopic (exact) mass is 420 g/mol. The molecule has 0 aliphatic carbocycles. The molecule has 1 amide bonds. The van der Waals surface area contributed by atoms with Gasteiger partial charge >= 0.3 is 0 Å². The van der Waals surface area contributed by atoms with E-state index in [1.54, 1.807) is 11.3 Å². The number of carbonyl (C=O) groups excluding carboxylic acids is 1. The van der Waals surface area contributed by atoms with Crippen molar-refractivity contribution in [2.75, 3.05) is 44.2 Å². The third-order valence-electron chi connectivity index (χ3n) is 6.30. The summed E-state index contributed by atoms with van der Waals surface area (Å²) in [5, 5.41) is 1.16. The smallest absolute Gasteiger partial charge is 0.236 e. The Balaban J connectivity index is 1.23. The summed E-state index contributed by atoms with van der Waals surface area (Å²) in [5.41, 5.74) is 2.32. The number of aromatic nitrogens is 1. The van der Waals surface area contributed by atoms with Gasteiger partial charge in [0, 0.05) is 31.9 Å². The van der Waals surface area contributed by atoms with Crippen molar-refractivity contribution in [3.63, 3.8) is 0 Å². The molecule has 30 heavy (non-hydrogen) atoms. The topological polar surface area (TPSA) is 39.7 Å². The molecule has 3 aromatic rings. The van der Waals surface area contributed by atoms with Crippen molar-refractivity contribution < 1.29 is 4.79 Å². The average molecular weight is 421 g/mol. The number of fused-ring (bicyclic) bond motifs is 1. The first kappa shape index (κ1) is 19.5. The Morgan fingerprint density at radius 2 is 1.70 bits per heavy atom. The van der Waals surface area contributed by atoms with Crippen LogP contribution in [0.4, 0.5) is 5.69 Å². The normalized spacial score (nSPS) is 20.6. The van der Waals surface area contributed by atoms with E-state index in [-0.39, 0.29) is 11.9 Å². The Kier molecular flexibility index (Phi) is 5.69. The van der Waals surface area contributed by atoms with E-state index >= 15 is 0 Å². The van der Waals surface area contributed by atoms with Crippen molar-refractivity contribution in [2.24, 2.45) is 0 Å². The molecule has 5 nitrogen and oxygen atoms in total. The van der Waals surface area contributed by atoms with Crippen molar-refractivity contribution >= 4 is 33.1 Å². The highest BCUT2D eigenvalue weighted by Gasteiger charge is 2.30. The number of likely N-dealkylation sites (tertiary alicyclic amines) is 1. The van der Waals surface area contributed by atoms with E-state index in [0.717, 1.165) is 56.1 Å². The minimum atomic E-state index is 0.260. The van der Waals surface area contributed by atoms with E-state index in [0.29, 0.717) is 6.54 Å². The molecular formula is C24H28N4OS. The van der Waals surface area contributed by atoms with E-state index in [4.69, 9.17) is 4.98 Å². The van der Waals surface area contributed by atoms with Crippen LogP contribution in [0.1, 0.15) is 30.3 Å². The first-order chi connectivity index (χ1) is 14.8. The second kappa shape index (κ2) is 8.74. The van der Waals surface area contributed by atoms with Crippen molar-refractivity contribution in [2.45, 2.75) is 25.3 Å². The Labute approximate surface area is 181 Å². The maximum atomic E-state index is 13.1. The highest BCUT2D eigenvalue weighted by atomic mass is 32.1. The van der Waals surface area contributed by atoms with Crippen LogP contribution < -0.4 is 4.90 Å². The SMILES string of the molecule is O=C(CN1CCCC[C@H]1c1nc2ccccc2s1)N1CCN(c2ccccc2)CC1. The molecule has 0 bridgehead atoms. The van der Waals surface area contributed by atoms with Gasteiger partial charge < -0.3 is 9.80 Å². The minimum absolute atomic E-state index is 0.260. The average Bonchev–Trinajstić information content (AvgIpc) is 3.24. The standard InChI is InChI=1S/C24H28N4OS/c29-23(27-16-14-26(15-17-27)19-8-2-1-3-9-19)18-28-13-7-6-11-21(28)24-25-20-10-4-5-12-22(20)30-24/h1-5,8-10,12,21H,6-7,11,13-18H2/t21-/m0/s1. The van der Waals surface area contributed by atoms with Gasteiger partial charge in [-0.3, -0.25) is 9.69 Å². The number of para-hydroxylation sites is 2. The third-order valence-corrected chi connectivity index (χ3v) is 7.44. The fourth-order valence-electron chi connectivity index (χ4n) is 4.62. The molecule has 2 fully saturated rings. The number of piperazine rings is 1. The molecule has 6 heteroatoms. The molecule has 2 saturated heterocycles. The molecule has 0 radical (unpaired) electrons. The molecule has 2 aromatic carbocycles. The van der Waals surface area contributed by atoms with Gasteiger partial charge in [0.2, 0.25) is 5.91 Å². The summed E-state index contributed by atoms with van der Waals surface area (Å²) in [6, 6.07) is 19.1. The first-order valence-corrected chi connectivity index (χ1v) is 11.8. The summed E-state index contributed by atoms with van der Waals surface area (Å²) in [5.74, 6) is 0.260. The van der Waals surface area contributed by atoms with Crippen molar-refractivity contribution in [3.8, 4) is 0 Å². The van der Waals surface area contributed by atoms with Gasteiger partial charge in [-0.25, -0.2) is 4.98 Å². The van der Waals surface area contributed by atoms with Gasteiger partial charge in [-0.05, 0) is 43.7 Å². The number of nitrogens with zero attached hydrogens (tertiary/aromatic N) is 4. The van der Waals surface area contributed by atoms with Crippen molar-refractivity contribution in [1.82, 2.24) is 14.8 Å². The molecule has 2 aliphatic heterocycles. The molecular weight excluding hydrogens is 392 g/mol. The lowest BCUT2D eigenvalue weighted by atomic mass is 10.0. The molecule has 2 aliphatic rings. The molecule has 5 rings (SSSR count). The van der Waals surface area contributed by atoms with Crippen molar-refractivity contribution in [3.05, 3.63) is 59.6 Å². The van der Waals surface area contributed by atoms with Crippen LogP contribution in [0.15, 0.2) is 54.6 Å². The van der Waals surface area contributed by atoms with Gasteiger partial charge in [-0.1, -0.05) is 36.8 Å². The molecule has 3 heterocycles. The molecule has 1 aromatic heterocycles. The number of hydrogen-bond donors (Lipinski definition) is 0. The van der Waals surface area contributed by atoms with Crippen LogP contribution >= 0.6 is 11.3 Å². The number of piperidine rings is 1. The maximum Gasteiger partial charge on any atom is 0.236 e. The van der Waals surface area contributed by atoms with Crippen LogP contribution in [-0.4, -0.2) is 60.0 Å². The number of rotatable bonds is 4. The zero-order valence-electron chi connectivity index (χ0n) is 17.2. The van der Waals surface area contributed by atoms with Gasteiger partial charge in [-0.2, -0.15) is 0 Å². The Bertz CT molecular complexity index is 964. The van der Waals surface area contributed by atoms with Crippen LogP contribution in [0.25, 0.3) is 10.2 Å². The molecule has 0 N–H and O–H groups in total. The highest BCUT2D eigenvalue weighted by molar-refractivity contribution is 7.18. The fraction of sp³-hybridized carbons (Fsp3) is 0.417. The van der Waals surface area contributed by atoms with Gasteiger partial charge in [-0.15, -0.1) is 11.3 Å². The van der Waals surface area contributed by atoms with Crippen molar-refractivity contribution in [1.29, 1.82) is 0 Å². The maximum absolute atomic E-state index is 13.1. The largest absolute Gasteiger partial charge is 0.368 e. The van der Waals surface area contributed by atoms with Crippen LogP contribution in [0, 0.1) is 0 Å². The quantitative estimate of drug-likeness (QED) is 0.635. The fourth-order valence-corrected chi connectivity index (χ4v) is 5.76. The summed E-state index contributed by atoms with van der Waals surface area (Å²) >= 11 is 1.78. The van der Waals surface area contributed by atoms with Gasteiger partial charge in [0.25, 0.3) is 0 Å². The summed E-state index contributed by atoms with van der Waals surface area (Å²) in [6.07, 6.45) is 3.46. The van der Waals surface area contributed by atoms with Crippen LogP contribution in [0.5, 0.6) is 0 Å². The lowest BCUT2D eigenvalue weighted by Crippen LogP contribution is -2.52. The zero-order chi connectivity index (χ0) is 20.3. The predicted octanol–water partition coefficient (Wildman–Crippen LogP) is 4.17. The van der Waals surface area contributed by atoms with Crippen LogP contribution in [0.3, 0.4) is 0 Å². The second-order valence-corrected chi connectivity index (χ2v) is 9.27. The number of carbonyl (C=O) groups is 1. The second-order valence-electron chi connectivity index (χ2n) is 8.21. The van der Waals surface area contributed by atoms with E-state index < -0.39 is 0 Å². The number of anilines is 1. The Morgan fingerprint density at radius 1 is 0.933 bits per heavy atom. The van der Waals surface area contributed by atoms with E-state index in [1.165, 1.54) is 16.8 Å². The number of thiazole rings is 1. The van der Waals surface area contributed by atoms with Gasteiger partial charge in [0.1, 0.15) is 5.01 Å². The number of amides is 1. The molecule has 0 spiro atoms. The Morgan fingerprint density at radius 3 is 2.50 bits per heavy atom. The number of hydrogen-bond acceptors (Lipinski definition) is 5. The first-order valence-electron chi connectivity index (χ1n) is 11.0. The van der Waals surface area contributed by atoms with Crippen LogP contribution in [0.2, 0.25) is 0 Å². The van der Waals surface area contributed by atoms with E-state index in [1.807, 2.05) is 17.0 Å². The third kappa shape index (κ3) is 4.07. The summed E-state index contributed by atoms with van der Waals surface area (Å²) in [6.45, 7) is 4.89. The lowest BCUT2D eigenvalue weighted by Gasteiger charge is -2.39. The summed E-state index contributed by atoms with van der Waals surface area (Å²) in [7, 11) is 0. The molecule has 1 atom stereocenters. The molecule has 0 saturated carbocycles. The molecule has 0 unspecified atom stereocenters. The Hall–Kier alpha value is -2.44. The summed E-state index contributed by atoms with van der Waals surface area (Å²) in [4.78, 5) is 24.8. The lowest BCUT2D eigenvalue weighted by molar-refractivity contribution is -0.133. The molecule has 156 valence electrons.